The molecular formula is C10H8Cl2LiN3O5S2. The summed E-state index contributed by atoms with van der Waals surface area (Å²) < 4.78 is 59.0. The minimum atomic E-state index is -4.79. The van der Waals surface area contributed by atoms with Gasteiger partial charge in [0.25, 0.3) is 0 Å². The number of aromatic nitrogens is 2. The first kappa shape index (κ1) is 20.3. The molecule has 1 aromatic heterocycles. The minimum absolute atomic E-state index is 0. The molecule has 8 nitrogen and oxygen atoms in total. The molecule has 13 heteroatoms. The summed E-state index contributed by atoms with van der Waals surface area (Å²) in [4.78, 5) is -0.673. The Morgan fingerprint density at radius 3 is 2.30 bits per heavy atom. The van der Waals surface area contributed by atoms with Crippen molar-refractivity contribution < 1.29 is 40.2 Å². The van der Waals surface area contributed by atoms with Gasteiger partial charge in [0.15, 0.2) is 0 Å². The largest absolute Gasteiger partial charge is 1.00 e. The number of nitrogens with one attached hydrogen (secondary N) is 1. The zero-order chi connectivity index (χ0) is 16.7. The third kappa shape index (κ3) is 4.87. The molecule has 1 N–H and O–H groups in total. The minimum Gasteiger partial charge on any atom is -0.744 e. The summed E-state index contributed by atoms with van der Waals surface area (Å²) in [6.07, 6.45) is 2.25. The van der Waals surface area contributed by atoms with E-state index in [1.54, 1.807) is 0 Å². The van der Waals surface area contributed by atoms with Crippen LogP contribution in [0.4, 0.5) is 5.82 Å². The van der Waals surface area contributed by atoms with E-state index >= 15 is 0 Å². The van der Waals surface area contributed by atoms with Gasteiger partial charge in [-0.3, -0.25) is 4.72 Å². The Balaban J connectivity index is 0.00000264. The fourth-order valence-corrected chi connectivity index (χ4v) is 3.48. The summed E-state index contributed by atoms with van der Waals surface area (Å²) in [7, 11) is -8.35. The average Bonchev–Trinajstić information content (AvgIpc) is 2.75. The van der Waals surface area contributed by atoms with Crippen molar-refractivity contribution in [3.8, 4) is 5.69 Å². The first-order valence-corrected chi connectivity index (χ1v) is 9.52. The molecule has 0 radical (unpaired) electrons. The standard InChI is InChI=1S/C10H9Cl2N3O5S2.Li/c1-21(16,17)14-10-2-3-13-15(10)8-4-7(12)9(5-6(8)11)22(18,19)20;/h2-5,14H,1H3,(H,18,19,20);/q;+1/p-1. The number of rotatable bonds is 4. The monoisotopic (exact) mass is 391 g/mol. The van der Waals surface area contributed by atoms with E-state index in [-0.39, 0.29) is 40.4 Å². The van der Waals surface area contributed by atoms with Crippen molar-refractivity contribution in [3.63, 3.8) is 0 Å². The van der Waals surface area contributed by atoms with Crippen LogP contribution < -0.4 is 23.6 Å². The van der Waals surface area contributed by atoms with Gasteiger partial charge in [-0.2, -0.15) is 5.10 Å². The molecule has 0 saturated carbocycles. The number of anilines is 1. The van der Waals surface area contributed by atoms with Crippen LogP contribution in [0.1, 0.15) is 0 Å². The van der Waals surface area contributed by atoms with Crippen LogP contribution in [0.5, 0.6) is 0 Å². The van der Waals surface area contributed by atoms with Gasteiger partial charge in [0.2, 0.25) is 10.0 Å². The number of sulfonamides is 1. The van der Waals surface area contributed by atoms with Crippen molar-refractivity contribution in [2.75, 3.05) is 11.0 Å². The van der Waals surface area contributed by atoms with E-state index in [9.17, 15) is 21.4 Å². The van der Waals surface area contributed by atoms with Gasteiger partial charge < -0.3 is 4.55 Å². The Morgan fingerprint density at radius 2 is 1.78 bits per heavy atom. The first-order valence-electron chi connectivity index (χ1n) is 5.46. The quantitative estimate of drug-likeness (QED) is 0.497. The van der Waals surface area contributed by atoms with E-state index in [4.69, 9.17) is 23.2 Å². The van der Waals surface area contributed by atoms with Crippen molar-refractivity contribution in [1.29, 1.82) is 0 Å². The molecule has 0 atom stereocenters. The van der Waals surface area contributed by atoms with Crippen LogP contribution in [0.25, 0.3) is 5.69 Å². The van der Waals surface area contributed by atoms with Crippen molar-refractivity contribution >= 4 is 49.2 Å². The molecule has 0 amide bonds. The van der Waals surface area contributed by atoms with Gasteiger partial charge in [0, 0.05) is 6.07 Å². The smallest absolute Gasteiger partial charge is 0.744 e. The maximum atomic E-state index is 11.3. The van der Waals surface area contributed by atoms with Crippen LogP contribution in [-0.4, -0.2) is 37.4 Å². The van der Waals surface area contributed by atoms with Crippen LogP contribution in [0, 0.1) is 0 Å². The van der Waals surface area contributed by atoms with Gasteiger partial charge in [-0.25, -0.2) is 21.5 Å². The van der Waals surface area contributed by atoms with Gasteiger partial charge in [0.1, 0.15) is 15.9 Å². The third-order valence-electron chi connectivity index (χ3n) is 2.43. The van der Waals surface area contributed by atoms with Crippen molar-refractivity contribution in [1.82, 2.24) is 9.78 Å². The first-order chi connectivity index (χ1) is 9.99. The normalized spacial score (nSPS) is 11.8. The fraction of sp³-hybridized carbons (Fsp3) is 0.100. The molecule has 23 heavy (non-hydrogen) atoms. The van der Waals surface area contributed by atoms with Gasteiger partial charge in [-0.15, -0.1) is 0 Å². The number of halogens is 2. The van der Waals surface area contributed by atoms with Crippen molar-refractivity contribution in [3.05, 3.63) is 34.4 Å². The van der Waals surface area contributed by atoms with Gasteiger partial charge >= 0.3 is 18.9 Å². The maximum Gasteiger partial charge on any atom is 1.00 e. The van der Waals surface area contributed by atoms with E-state index in [1.807, 2.05) is 0 Å². The summed E-state index contributed by atoms with van der Waals surface area (Å²) in [6, 6.07) is 3.35. The molecule has 2 rings (SSSR count). The fourth-order valence-electron chi connectivity index (χ4n) is 1.63. The Kier molecular flexibility index (Phi) is 6.20. The summed E-state index contributed by atoms with van der Waals surface area (Å²) in [6.45, 7) is 0. The molecule has 0 aliphatic rings. The molecule has 0 unspecified atom stereocenters. The van der Waals surface area contributed by atoms with Gasteiger partial charge in [0.05, 0.1) is 33.1 Å². The molecule has 0 aliphatic carbocycles. The van der Waals surface area contributed by atoms with Crippen LogP contribution in [-0.2, 0) is 20.1 Å². The zero-order valence-electron chi connectivity index (χ0n) is 11.8. The number of hydrogen-bond acceptors (Lipinski definition) is 6. The molecule has 120 valence electrons. The molecule has 2 aromatic rings. The topological polar surface area (TPSA) is 121 Å². The van der Waals surface area contributed by atoms with E-state index in [0.29, 0.717) is 0 Å². The van der Waals surface area contributed by atoms with E-state index in [2.05, 4.69) is 9.82 Å². The summed E-state index contributed by atoms with van der Waals surface area (Å²) in [5, 5.41) is 3.39. The predicted octanol–water partition coefficient (Wildman–Crippen LogP) is -1.54. The van der Waals surface area contributed by atoms with E-state index in [0.717, 1.165) is 23.1 Å². The zero-order valence-corrected chi connectivity index (χ0v) is 15.0. The molecule has 0 fully saturated rings. The average molecular weight is 392 g/mol. The number of hydrogen-bond donors (Lipinski definition) is 1. The summed E-state index contributed by atoms with van der Waals surface area (Å²) in [5.74, 6) is 0.0678. The molecule has 1 heterocycles. The summed E-state index contributed by atoms with van der Waals surface area (Å²) in [5.41, 5.74) is 0.107. The van der Waals surface area contributed by atoms with Crippen LogP contribution in [0.15, 0.2) is 29.3 Å². The molecule has 1 aromatic carbocycles. The van der Waals surface area contributed by atoms with Gasteiger partial charge in [-0.1, -0.05) is 23.2 Å². The summed E-state index contributed by atoms with van der Waals surface area (Å²) >= 11 is 11.7. The Bertz CT molecular complexity index is 943. The molecular weight excluding hydrogens is 384 g/mol. The molecule has 0 bridgehead atoms. The second-order valence-corrected chi connectivity index (χ2v) is 8.10. The number of nitrogens with zero attached hydrogens (tertiary/aromatic N) is 2. The Hall–Kier alpha value is -0.733. The Labute approximate surface area is 154 Å². The SMILES string of the molecule is CS(=O)(=O)Nc1ccnn1-c1cc(Cl)c(S(=O)(=O)[O-])cc1Cl.[Li+]. The molecule has 0 aliphatic heterocycles. The van der Waals surface area contributed by atoms with Crippen molar-refractivity contribution in [2.45, 2.75) is 4.90 Å². The van der Waals surface area contributed by atoms with Gasteiger partial charge in [-0.05, 0) is 12.1 Å². The molecule has 0 saturated heterocycles. The third-order valence-corrected chi connectivity index (χ3v) is 4.62. The van der Waals surface area contributed by atoms with E-state index in [1.165, 1.54) is 12.3 Å². The Morgan fingerprint density at radius 1 is 1.17 bits per heavy atom. The maximum absolute atomic E-state index is 11.3. The van der Waals surface area contributed by atoms with E-state index < -0.39 is 25.0 Å². The van der Waals surface area contributed by atoms with Crippen LogP contribution in [0.3, 0.4) is 0 Å². The van der Waals surface area contributed by atoms with Crippen LogP contribution >= 0.6 is 23.2 Å². The predicted molar refractivity (Wildman–Crippen MR) is 80.0 cm³/mol. The second kappa shape index (κ2) is 7.02. The van der Waals surface area contributed by atoms with Crippen molar-refractivity contribution in [2.24, 2.45) is 0 Å². The molecule has 0 spiro atoms. The number of benzene rings is 1. The second-order valence-electron chi connectivity index (χ2n) is 4.19. The van der Waals surface area contributed by atoms with Crippen LogP contribution in [0.2, 0.25) is 10.0 Å².